The Morgan fingerprint density at radius 1 is 1.28 bits per heavy atom. The van der Waals surface area contributed by atoms with E-state index in [0.717, 1.165) is 3.79 Å². The summed E-state index contributed by atoms with van der Waals surface area (Å²) < 4.78 is 19.8. The number of hydrogen-bond acceptors (Lipinski definition) is 3. The van der Waals surface area contributed by atoms with Gasteiger partial charge in [-0.3, -0.25) is 4.79 Å². The van der Waals surface area contributed by atoms with Gasteiger partial charge in [-0.05, 0) is 40.2 Å². The monoisotopic (exact) mass is 392 g/mol. The van der Waals surface area contributed by atoms with Crippen molar-refractivity contribution in [3.05, 3.63) is 49.3 Å². The van der Waals surface area contributed by atoms with E-state index < -0.39 is 5.82 Å². The third kappa shape index (κ3) is 3.63. The first-order valence-electron chi connectivity index (χ1n) is 4.92. The molecule has 1 aromatic carbocycles. The highest BCUT2D eigenvalue weighted by Crippen LogP contribution is 2.24. The number of rotatable bonds is 4. The van der Waals surface area contributed by atoms with Crippen LogP contribution in [0, 0.1) is 5.82 Å². The van der Waals surface area contributed by atoms with Crippen molar-refractivity contribution < 1.29 is 13.9 Å². The van der Waals surface area contributed by atoms with E-state index >= 15 is 0 Å². The lowest BCUT2D eigenvalue weighted by Gasteiger charge is -2.05. The van der Waals surface area contributed by atoms with Crippen molar-refractivity contribution in [1.82, 2.24) is 0 Å². The van der Waals surface area contributed by atoms with Crippen LogP contribution in [-0.4, -0.2) is 12.4 Å². The zero-order chi connectivity index (χ0) is 13.1. The molecule has 0 aliphatic carbocycles. The first-order chi connectivity index (χ1) is 8.54. The molecule has 1 aromatic heterocycles. The summed E-state index contributed by atoms with van der Waals surface area (Å²) in [4.78, 5) is 12.4. The van der Waals surface area contributed by atoms with Gasteiger partial charge in [-0.15, -0.1) is 11.3 Å². The summed E-state index contributed by atoms with van der Waals surface area (Å²) in [5, 5.41) is 0. The minimum Gasteiger partial charge on any atom is -0.485 e. The number of carbonyl (C=O) groups excluding carboxylic acids is 1. The van der Waals surface area contributed by atoms with Crippen LogP contribution in [0.1, 0.15) is 9.67 Å². The third-order valence-electron chi connectivity index (χ3n) is 2.05. The van der Waals surface area contributed by atoms with Gasteiger partial charge in [0.05, 0.1) is 8.66 Å². The average molecular weight is 394 g/mol. The molecule has 0 spiro atoms. The molecule has 2 nitrogen and oxygen atoms in total. The van der Waals surface area contributed by atoms with E-state index in [-0.39, 0.29) is 12.4 Å². The summed E-state index contributed by atoms with van der Waals surface area (Å²) >= 11 is 7.79. The fourth-order valence-corrected chi connectivity index (χ4v) is 3.05. The van der Waals surface area contributed by atoms with E-state index in [4.69, 9.17) is 4.74 Å². The molecule has 0 fully saturated rings. The van der Waals surface area contributed by atoms with Gasteiger partial charge in [0.2, 0.25) is 5.78 Å². The lowest BCUT2D eigenvalue weighted by molar-refractivity contribution is 0.0925. The molecule has 0 aliphatic rings. The van der Waals surface area contributed by atoms with Crippen molar-refractivity contribution in [3.8, 4) is 5.75 Å². The molecule has 0 N–H and O–H groups in total. The molecular formula is C12H7Br2FO2S. The Balaban J connectivity index is 2.01. The Bertz CT molecular complexity index is 563. The van der Waals surface area contributed by atoms with Crippen LogP contribution >= 0.6 is 43.2 Å². The molecule has 6 heteroatoms. The molecule has 0 unspecified atom stereocenters. The predicted molar refractivity (Wildman–Crippen MR) is 75.9 cm³/mol. The fraction of sp³-hybridized carbons (Fsp3) is 0.0833. The van der Waals surface area contributed by atoms with Gasteiger partial charge in [-0.1, -0.05) is 15.9 Å². The second kappa shape index (κ2) is 5.95. The van der Waals surface area contributed by atoms with Gasteiger partial charge in [-0.25, -0.2) is 4.39 Å². The number of hydrogen-bond donors (Lipinski definition) is 0. The van der Waals surface area contributed by atoms with Gasteiger partial charge in [0.1, 0.15) is 11.6 Å². The first kappa shape index (κ1) is 13.7. The minimum absolute atomic E-state index is 0.108. The molecular weight excluding hydrogens is 387 g/mol. The van der Waals surface area contributed by atoms with E-state index in [9.17, 15) is 9.18 Å². The lowest BCUT2D eigenvalue weighted by Crippen LogP contribution is -2.10. The van der Waals surface area contributed by atoms with E-state index in [1.807, 2.05) is 0 Å². The Kier molecular flexibility index (Phi) is 4.53. The molecule has 0 saturated heterocycles. The van der Waals surface area contributed by atoms with Gasteiger partial charge in [0.15, 0.2) is 6.61 Å². The molecule has 2 rings (SSSR count). The zero-order valence-electron chi connectivity index (χ0n) is 8.95. The Labute approximate surface area is 124 Å². The van der Waals surface area contributed by atoms with E-state index in [2.05, 4.69) is 31.9 Å². The smallest absolute Gasteiger partial charge is 0.210 e. The molecule has 1 heterocycles. The number of thiophene rings is 1. The summed E-state index contributed by atoms with van der Waals surface area (Å²) in [6.07, 6.45) is 0. The van der Waals surface area contributed by atoms with Crippen molar-refractivity contribution in [2.45, 2.75) is 0 Å². The normalized spacial score (nSPS) is 10.4. The van der Waals surface area contributed by atoms with E-state index in [0.29, 0.717) is 15.1 Å². The lowest BCUT2D eigenvalue weighted by atomic mass is 10.3. The highest BCUT2D eigenvalue weighted by molar-refractivity contribution is 9.11. The second-order valence-corrected chi connectivity index (χ2v) is 6.80. The maximum absolute atomic E-state index is 13.1. The molecule has 0 aliphatic heterocycles. The molecule has 18 heavy (non-hydrogen) atoms. The quantitative estimate of drug-likeness (QED) is 0.705. The molecule has 2 aromatic rings. The Morgan fingerprint density at radius 2 is 2.06 bits per heavy atom. The molecule has 0 bridgehead atoms. The van der Waals surface area contributed by atoms with Crippen molar-refractivity contribution >= 4 is 49.0 Å². The Morgan fingerprint density at radius 3 is 2.67 bits per heavy atom. The maximum Gasteiger partial charge on any atom is 0.210 e. The SMILES string of the molecule is O=C(COc1cc(F)cc(Br)c1)c1ccc(Br)s1. The van der Waals surface area contributed by atoms with Crippen LogP contribution in [0.5, 0.6) is 5.75 Å². The van der Waals surface area contributed by atoms with Gasteiger partial charge < -0.3 is 4.74 Å². The molecule has 94 valence electrons. The molecule has 0 radical (unpaired) electrons. The van der Waals surface area contributed by atoms with Crippen LogP contribution in [0.25, 0.3) is 0 Å². The predicted octanol–water partition coefficient (Wildman–Crippen LogP) is 4.67. The molecule has 0 amide bonds. The van der Waals surface area contributed by atoms with Crippen LogP contribution in [0.15, 0.2) is 38.6 Å². The van der Waals surface area contributed by atoms with Crippen LogP contribution in [0.4, 0.5) is 4.39 Å². The number of Topliss-reactive ketones (excluding diaryl/α,β-unsaturated/α-hetero) is 1. The van der Waals surface area contributed by atoms with Crippen molar-refractivity contribution in [3.63, 3.8) is 0 Å². The fourth-order valence-electron chi connectivity index (χ4n) is 1.30. The summed E-state index contributed by atoms with van der Waals surface area (Å²) in [7, 11) is 0. The highest BCUT2D eigenvalue weighted by atomic mass is 79.9. The van der Waals surface area contributed by atoms with Crippen molar-refractivity contribution in [1.29, 1.82) is 0 Å². The third-order valence-corrected chi connectivity index (χ3v) is 4.18. The van der Waals surface area contributed by atoms with E-state index in [1.54, 1.807) is 18.2 Å². The minimum atomic E-state index is -0.411. The van der Waals surface area contributed by atoms with Crippen LogP contribution in [0.3, 0.4) is 0 Å². The highest BCUT2D eigenvalue weighted by Gasteiger charge is 2.10. The first-order valence-corrected chi connectivity index (χ1v) is 7.32. The number of ketones is 1. The molecule has 0 saturated carbocycles. The van der Waals surface area contributed by atoms with Crippen molar-refractivity contribution in [2.75, 3.05) is 6.61 Å². The number of benzene rings is 1. The van der Waals surface area contributed by atoms with Crippen molar-refractivity contribution in [2.24, 2.45) is 0 Å². The van der Waals surface area contributed by atoms with E-state index in [1.165, 1.54) is 23.5 Å². The summed E-state index contributed by atoms with van der Waals surface area (Å²) in [6.45, 7) is -0.108. The summed E-state index contributed by atoms with van der Waals surface area (Å²) in [5.74, 6) is -0.220. The van der Waals surface area contributed by atoms with Gasteiger partial charge in [-0.2, -0.15) is 0 Å². The standard InChI is InChI=1S/C12H7Br2FO2S/c13-7-3-8(15)5-9(4-7)17-6-10(16)11-1-2-12(14)18-11/h1-5H,6H2. The van der Waals surface area contributed by atoms with Gasteiger partial charge in [0.25, 0.3) is 0 Å². The molecule has 0 atom stereocenters. The number of halogens is 3. The van der Waals surface area contributed by atoms with Crippen LogP contribution in [0.2, 0.25) is 0 Å². The Hall–Kier alpha value is -0.720. The largest absolute Gasteiger partial charge is 0.485 e. The number of carbonyl (C=O) groups is 1. The number of ether oxygens (including phenoxy) is 1. The van der Waals surface area contributed by atoms with Crippen LogP contribution < -0.4 is 4.74 Å². The zero-order valence-corrected chi connectivity index (χ0v) is 12.9. The average Bonchev–Trinajstić information content (AvgIpc) is 2.71. The topological polar surface area (TPSA) is 26.3 Å². The maximum atomic E-state index is 13.1. The van der Waals surface area contributed by atoms with Gasteiger partial charge >= 0.3 is 0 Å². The van der Waals surface area contributed by atoms with Crippen LogP contribution in [-0.2, 0) is 0 Å². The second-order valence-electron chi connectivity index (χ2n) is 3.42. The van der Waals surface area contributed by atoms with Gasteiger partial charge in [0, 0.05) is 10.5 Å². The summed E-state index contributed by atoms with van der Waals surface area (Å²) in [6, 6.07) is 7.70. The summed E-state index contributed by atoms with van der Waals surface area (Å²) in [5.41, 5.74) is 0.